The van der Waals surface area contributed by atoms with Crippen molar-refractivity contribution < 1.29 is 0 Å². The number of fused-ring (bicyclic) bond motifs is 1. The third-order valence-electron chi connectivity index (χ3n) is 4.28. The van der Waals surface area contributed by atoms with E-state index in [1.165, 1.54) is 16.7 Å². The van der Waals surface area contributed by atoms with Crippen LogP contribution in [0.5, 0.6) is 0 Å². The lowest BCUT2D eigenvalue weighted by Crippen LogP contribution is -2.28. The number of aryl methyl sites for hydroxylation is 1. The van der Waals surface area contributed by atoms with Gasteiger partial charge in [-0.1, -0.05) is 63.0 Å². The zero-order chi connectivity index (χ0) is 15.8. The average molecular weight is 370 g/mol. The van der Waals surface area contributed by atoms with E-state index in [1.54, 1.807) is 0 Å². The van der Waals surface area contributed by atoms with Crippen molar-refractivity contribution in [2.75, 3.05) is 5.32 Å². The number of rotatable bonds is 2. The van der Waals surface area contributed by atoms with Gasteiger partial charge in [-0.25, -0.2) is 4.68 Å². The third-order valence-corrected chi connectivity index (χ3v) is 4.81. The molecule has 116 valence electrons. The van der Waals surface area contributed by atoms with Crippen LogP contribution < -0.4 is 5.32 Å². The Balaban J connectivity index is 1.71. The highest BCUT2D eigenvalue weighted by atomic mass is 79.9. The van der Waals surface area contributed by atoms with E-state index in [-0.39, 0.29) is 12.1 Å². The molecule has 0 spiro atoms. The van der Waals surface area contributed by atoms with E-state index in [1.807, 2.05) is 4.68 Å². The summed E-state index contributed by atoms with van der Waals surface area (Å²) >= 11 is 3.49. The molecule has 0 saturated carbocycles. The highest BCUT2D eigenvalue weighted by Gasteiger charge is 2.30. The summed E-state index contributed by atoms with van der Waals surface area (Å²) in [5.74, 6) is 0.717. The first-order valence-corrected chi connectivity index (χ1v) is 8.36. The summed E-state index contributed by atoms with van der Waals surface area (Å²) < 4.78 is 2.94. The van der Waals surface area contributed by atoms with Gasteiger partial charge in [0.15, 0.2) is 0 Å². The third kappa shape index (κ3) is 2.74. The van der Waals surface area contributed by atoms with Gasteiger partial charge in [-0.05, 0) is 47.0 Å². The van der Waals surface area contributed by atoms with Crippen LogP contribution in [0.15, 0.2) is 53.0 Å². The van der Waals surface area contributed by atoms with E-state index in [9.17, 15) is 0 Å². The van der Waals surface area contributed by atoms with E-state index < -0.39 is 0 Å². The van der Waals surface area contributed by atoms with Gasteiger partial charge >= 0.3 is 0 Å². The fourth-order valence-electron chi connectivity index (χ4n) is 3.02. The van der Waals surface area contributed by atoms with Crippen LogP contribution in [0.4, 0.5) is 5.95 Å². The maximum atomic E-state index is 4.16. The highest BCUT2D eigenvalue weighted by Crippen LogP contribution is 2.37. The van der Waals surface area contributed by atoms with Gasteiger partial charge in [0.05, 0.1) is 12.1 Å². The number of halogens is 1. The SMILES string of the molecule is Cc1ccc([C@@H]2C[C@H](c3ccc(Br)cc3)n3nnnc3N2)cc1. The second-order valence-electron chi connectivity index (χ2n) is 5.86. The molecule has 0 amide bonds. The Labute approximate surface area is 142 Å². The Morgan fingerprint density at radius 3 is 2.48 bits per heavy atom. The van der Waals surface area contributed by atoms with Gasteiger partial charge in [-0.3, -0.25) is 0 Å². The molecule has 5 nitrogen and oxygen atoms in total. The molecule has 1 aliphatic rings. The molecule has 0 aliphatic carbocycles. The van der Waals surface area contributed by atoms with Crippen molar-refractivity contribution in [1.29, 1.82) is 0 Å². The standard InChI is InChI=1S/C17H16BrN5/c1-11-2-4-12(5-3-11)15-10-16(13-6-8-14(18)9-7-13)23-17(19-15)20-21-22-23/h2-9,15-16H,10H2,1H3,(H,19,20,22)/t15-,16+/m0/s1. The second-order valence-corrected chi connectivity index (χ2v) is 6.77. The predicted molar refractivity (Wildman–Crippen MR) is 92.3 cm³/mol. The number of anilines is 1. The largest absolute Gasteiger partial charge is 0.346 e. The normalized spacial score (nSPS) is 19.9. The van der Waals surface area contributed by atoms with Crippen molar-refractivity contribution in [2.45, 2.75) is 25.4 Å². The van der Waals surface area contributed by atoms with Crippen molar-refractivity contribution in [3.05, 3.63) is 69.7 Å². The first kappa shape index (κ1) is 14.4. The van der Waals surface area contributed by atoms with Crippen LogP contribution in [-0.2, 0) is 0 Å². The number of hydrogen-bond donors (Lipinski definition) is 1. The van der Waals surface area contributed by atoms with Gasteiger partial charge in [-0.2, -0.15) is 0 Å². The van der Waals surface area contributed by atoms with Gasteiger partial charge in [0.25, 0.3) is 0 Å². The Hall–Kier alpha value is -2.21. The molecule has 0 radical (unpaired) electrons. The lowest BCUT2D eigenvalue weighted by molar-refractivity contribution is 0.423. The van der Waals surface area contributed by atoms with Gasteiger partial charge in [0.2, 0.25) is 5.95 Å². The minimum absolute atomic E-state index is 0.126. The number of nitrogens with one attached hydrogen (secondary N) is 1. The number of tetrazole rings is 1. The maximum Gasteiger partial charge on any atom is 0.243 e. The van der Waals surface area contributed by atoms with Gasteiger partial charge in [0, 0.05) is 4.47 Å². The van der Waals surface area contributed by atoms with Gasteiger partial charge in [0.1, 0.15) is 0 Å². The van der Waals surface area contributed by atoms with E-state index in [4.69, 9.17) is 0 Å². The number of nitrogens with zero attached hydrogens (tertiary/aromatic N) is 4. The first-order valence-electron chi connectivity index (χ1n) is 7.57. The zero-order valence-corrected chi connectivity index (χ0v) is 14.2. The number of benzene rings is 2. The number of hydrogen-bond acceptors (Lipinski definition) is 4. The van der Waals surface area contributed by atoms with Gasteiger partial charge < -0.3 is 5.32 Å². The summed E-state index contributed by atoms with van der Waals surface area (Å²) in [5.41, 5.74) is 3.73. The van der Waals surface area contributed by atoms with Crippen molar-refractivity contribution in [3.8, 4) is 0 Å². The van der Waals surface area contributed by atoms with Crippen LogP contribution in [0.25, 0.3) is 0 Å². The van der Waals surface area contributed by atoms with Crippen LogP contribution in [0.3, 0.4) is 0 Å². The molecule has 23 heavy (non-hydrogen) atoms. The van der Waals surface area contributed by atoms with Crippen molar-refractivity contribution in [2.24, 2.45) is 0 Å². The summed E-state index contributed by atoms with van der Waals surface area (Å²) in [7, 11) is 0. The van der Waals surface area contributed by atoms with Crippen LogP contribution >= 0.6 is 15.9 Å². The van der Waals surface area contributed by atoms with Crippen molar-refractivity contribution in [3.63, 3.8) is 0 Å². The van der Waals surface area contributed by atoms with E-state index in [0.717, 1.165) is 16.8 Å². The van der Waals surface area contributed by atoms with Crippen LogP contribution in [0, 0.1) is 6.92 Å². The minimum atomic E-state index is 0.126. The molecule has 2 heterocycles. The summed E-state index contributed by atoms with van der Waals surface area (Å²) in [4.78, 5) is 0. The molecule has 0 bridgehead atoms. The summed E-state index contributed by atoms with van der Waals surface area (Å²) in [6, 6.07) is 17.3. The monoisotopic (exact) mass is 369 g/mol. The molecule has 2 aromatic carbocycles. The Kier molecular flexibility index (Phi) is 3.61. The number of aromatic nitrogens is 4. The van der Waals surface area contributed by atoms with Crippen molar-refractivity contribution in [1.82, 2.24) is 20.2 Å². The fourth-order valence-corrected chi connectivity index (χ4v) is 3.28. The molecule has 1 N–H and O–H groups in total. The molecule has 0 saturated heterocycles. The summed E-state index contributed by atoms with van der Waals surface area (Å²) in [6.45, 7) is 2.10. The zero-order valence-electron chi connectivity index (χ0n) is 12.6. The van der Waals surface area contributed by atoms with Crippen LogP contribution in [-0.4, -0.2) is 20.2 Å². The van der Waals surface area contributed by atoms with E-state index >= 15 is 0 Å². The molecule has 1 aliphatic heterocycles. The molecule has 6 heteroatoms. The topological polar surface area (TPSA) is 55.6 Å². The molecular formula is C17H16BrN5. The quantitative estimate of drug-likeness (QED) is 0.744. The lowest BCUT2D eigenvalue weighted by atomic mass is 9.93. The molecule has 4 rings (SSSR count). The molecule has 3 aromatic rings. The second kappa shape index (κ2) is 5.77. The van der Waals surface area contributed by atoms with E-state index in [2.05, 4.69) is 92.2 Å². The summed E-state index contributed by atoms with van der Waals surface area (Å²) in [5, 5.41) is 15.6. The fraction of sp³-hybridized carbons (Fsp3) is 0.235. The predicted octanol–water partition coefficient (Wildman–Crippen LogP) is 3.89. The van der Waals surface area contributed by atoms with Crippen LogP contribution in [0.2, 0.25) is 0 Å². The minimum Gasteiger partial charge on any atom is -0.346 e. The molecule has 0 unspecified atom stereocenters. The Bertz CT molecular complexity index is 810. The molecule has 2 atom stereocenters. The highest BCUT2D eigenvalue weighted by molar-refractivity contribution is 9.10. The summed E-state index contributed by atoms with van der Waals surface area (Å²) in [6.07, 6.45) is 0.905. The molecular weight excluding hydrogens is 354 g/mol. The Morgan fingerprint density at radius 2 is 1.74 bits per heavy atom. The van der Waals surface area contributed by atoms with Crippen LogP contribution in [0.1, 0.15) is 35.2 Å². The Morgan fingerprint density at radius 1 is 1.04 bits per heavy atom. The molecule has 0 fully saturated rings. The van der Waals surface area contributed by atoms with E-state index in [0.29, 0.717) is 0 Å². The lowest BCUT2D eigenvalue weighted by Gasteiger charge is -2.31. The maximum absolute atomic E-state index is 4.16. The first-order chi connectivity index (χ1) is 11.2. The van der Waals surface area contributed by atoms with Gasteiger partial charge in [-0.15, -0.1) is 0 Å². The van der Waals surface area contributed by atoms with Crippen molar-refractivity contribution >= 4 is 21.9 Å². The average Bonchev–Trinajstić information content (AvgIpc) is 3.04. The smallest absolute Gasteiger partial charge is 0.243 e. The molecule has 1 aromatic heterocycles.